The Morgan fingerprint density at radius 1 is 1.19 bits per heavy atom. The van der Waals surface area contributed by atoms with Gasteiger partial charge in [0.1, 0.15) is 17.3 Å². The van der Waals surface area contributed by atoms with Crippen LogP contribution in [0.4, 0.5) is 4.39 Å². The van der Waals surface area contributed by atoms with Gasteiger partial charge in [0.15, 0.2) is 0 Å². The van der Waals surface area contributed by atoms with Gasteiger partial charge in [-0.25, -0.2) is 4.39 Å². The summed E-state index contributed by atoms with van der Waals surface area (Å²) >= 11 is 3.28. The normalized spacial score (nSPS) is 11.1. The van der Waals surface area contributed by atoms with Crippen LogP contribution in [0.15, 0.2) is 46.9 Å². The van der Waals surface area contributed by atoms with Crippen molar-refractivity contribution in [1.29, 1.82) is 0 Å². The summed E-state index contributed by atoms with van der Waals surface area (Å²) in [6.45, 7) is 0. The minimum atomic E-state index is -0.270. The van der Waals surface area contributed by atoms with Crippen molar-refractivity contribution in [2.75, 3.05) is 5.33 Å². The van der Waals surface area contributed by atoms with Gasteiger partial charge in [-0.2, -0.15) is 0 Å². The highest BCUT2D eigenvalue weighted by Gasteiger charge is 2.07. The molecule has 0 spiro atoms. The SMILES string of the molecule is Fc1ccccc1-c1ccc(C=CCBr)o1. The topological polar surface area (TPSA) is 13.1 Å². The monoisotopic (exact) mass is 280 g/mol. The molecule has 1 nitrogen and oxygen atoms in total. The lowest BCUT2D eigenvalue weighted by Gasteiger charge is -1.97. The summed E-state index contributed by atoms with van der Waals surface area (Å²) < 4.78 is 19.0. The molecule has 1 aromatic carbocycles. The van der Waals surface area contributed by atoms with Gasteiger partial charge in [-0.1, -0.05) is 34.1 Å². The van der Waals surface area contributed by atoms with Gasteiger partial charge in [0.05, 0.1) is 5.56 Å². The van der Waals surface area contributed by atoms with Crippen LogP contribution in [0.5, 0.6) is 0 Å². The van der Waals surface area contributed by atoms with Gasteiger partial charge in [0.25, 0.3) is 0 Å². The first-order chi connectivity index (χ1) is 7.81. The molecular formula is C13H10BrFO. The molecule has 0 amide bonds. The Hall–Kier alpha value is -1.35. The standard InChI is InChI=1S/C13H10BrFO/c14-9-3-4-10-7-8-13(16-10)11-5-1-2-6-12(11)15/h1-8H,9H2. The van der Waals surface area contributed by atoms with E-state index in [9.17, 15) is 4.39 Å². The maximum Gasteiger partial charge on any atom is 0.137 e. The molecule has 0 bridgehead atoms. The molecular weight excluding hydrogens is 271 g/mol. The second-order valence-electron chi connectivity index (χ2n) is 3.24. The molecule has 0 saturated carbocycles. The summed E-state index contributed by atoms with van der Waals surface area (Å²) in [5, 5.41) is 0.767. The average molecular weight is 281 g/mol. The van der Waals surface area contributed by atoms with E-state index in [1.807, 2.05) is 18.2 Å². The highest BCUT2D eigenvalue weighted by molar-refractivity contribution is 9.09. The van der Waals surface area contributed by atoms with Gasteiger partial charge in [-0.3, -0.25) is 0 Å². The average Bonchev–Trinajstić information content (AvgIpc) is 2.75. The Balaban J connectivity index is 2.32. The van der Waals surface area contributed by atoms with Crippen LogP contribution in [0.25, 0.3) is 17.4 Å². The van der Waals surface area contributed by atoms with Gasteiger partial charge in [0.2, 0.25) is 0 Å². The summed E-state index contributed by atoms with van der Waals surface area (Å²) in [6.07, 6.45) is 3.77. The molecule has 0 aliphatic rings. The zero-order valence-electron chi connectivity index (χ0n) is 8.49. The molecule has 0 radical (unpaired) electrons. The Labute approximate surface area is 102 Å². The van der Waals surface area contributed by atoms with Crippen molar-refractivity contribution in [2.24, 2.45) is 0 Å². The summed E-state index contributed by atoms with van der Waals surface area (Å²) in [6, 6.07) is 10.2. The van der Waals surface area contributed by atoms with Gasteiger partial charge in [-0.15, -0.1) is 0 Å². The number of allylic oxidation sites excluding steroid dienone is 1. The third kappa shape index (κ3) is 2.42. The summed E-state index contributed by atoms with van der Waals surface area (Å²) in [5.41, 5.74) is 0.487. The summed E-state index contributed by atoms with van der Waals surface area (Å²) in [7, 11) is 0. The third-order valence-electron chi connectivity index (χ3n) is 2.14. The first-order valence-electron chi connectivity index (χ1n) is 4.88. The smallest absolute Gasteiger partial charge is 0.137 e. The van der Waals surface area contributed by atoms with Crippen molar-refractivity contribution < 1.29 is 8.81 Å². The molecule has 16 heavy (non-hydrogen) atoms. The van der Waals surface area contributed by atoms with Gasteiger partial charge in [-0.05, 0) is 30.3 Å². The molecule has 0 fully saturated rings. The molecule has 2 aromatic rings. The molecule has 0 saturated heterocycles. The van der Waals surface area contributed by atoms with Crippen molar-refractivity contribution in [3.63, 3.8) is 0 Å². The Morgan fingerprint density at radius 2 is 2.00 bits per heavy atom. The van der Waals surface area contributed by atoms with Crippen LogP contribution in [0, 0.1) is 5.82 Å². The van der Waals surface area contributed by atoms with Crippen LogP contribution in [0.2, 0.25) is 0 Å². The fourth-order valence-electron chi connectivity index (χ4n) is 1.41. The highest BCUT2D eigenvalue weighted by atomic mass is 79.9. The highest BCUT2D eigenvalue weighted by Crippen LogP contribution is 2.25. The van der Waals surface area contributed by atoms with E-state index in [0.717, 1.165) is 11.1 Å². The van der Waals surface area contributed by atoms with Crippen LogP contribution in [0.3, 0.4) is 0 Å². The fourth-order valence-corrected chi connectivity index (χ4v) is 1.60. The number of rotatable bonds is 3. The van der Waals surface area contributed by atoms with Crippen molar-refractivity contribution in [3.05, 3.63) is 54.1 Å². The van der Waals surface area contributed by atoms with Crippen LogP contribution in [-0.4, -0.2) is 5.33 Å². The van der Waals surface area contributed by atoms with E-state index in [1.54, 1.807) is 24.3 Å². The minimum Gasteiger partial charge on any atom is -0.457 e. The number of hydrogen-bond acceptors (Lipinski definition) is 1. The van der Waals surface area contributed by atoms with Crippen molar-refractivity contribution >= 4 is 22.0 Å². The lowest BCUT2D eigenvalue weighted by Crippen LogP contribution is -1.79. The van der Waals surface area contributed by atoms with Crippen molar-refractivity contribution in [2.45, 2.75) is 0 Å². The lowest BCUT2D eigenvalue weighted by atomic mass is 10.1. The minimum absolute atomic E-state index is 0.270. The van der Waals surface area contributed by atoms with E-state index in [0.29, 0.717) is 11.3 Å². The molecule has 0 aliphatic heterocycles. The van der Waals surface area contributed by atoms with Gasteiger partial charge >= 0.3 is 0 Å². The molecule has 0 unspecified atom stereocenters. The zero-order chi connectivity index (χ0) is 11.4. The molecule has 1 aromatic heterocycles. The molecule has 2 rings (SSSR count). The number of benzene rings is 1. The number of alkyl halides is 1. The summed E-state index contributed by atoms with van der Waals surface area (Å²) in [5.74, 6) is 0.998. The lowest BCUT2D eigenvalue weighted by molar-refractivity contribution is 0.561. The molecule has 0 aliphatic carbocycles. The molecule has 3 heteroatoms. The zero-order valence-corrected chi connectivity index (χ0v) is 10.1. The predicted octanol–water partition coefficient (Wildman–Crippen LogP) is 4.49. The largest absolute Gasteiger partial charge is 0.457 e. The second-order valence-corrected chi connectivity index (χ2v) is 3.89. The third-order valence-corrected chi connectivity index (χ3v) is 2.51. The van der Waals surface area contributed by atoms with Crippen LogP contribution >= 0.6 is 15.9 Å². The molecule has 0 atom stereocenters. The van der Waals surface area contributed by atoms with Gasteiger partial charge < -0.3 is 4.42 Å². The number of furan rings is 1. The number of hydrogen-bond donors (Lipinski definition) is 0. The number of halogens is 2. The molecule has 82 valence electrons. The van der Waals surface area contributed by atoms with Gasteiger partial charge in [0, 0.05) is 5.33 Å². The van der Waals surface area contributed by atoms with E-state index in [2.05, 4.69) is 15.9 Å². The fraction of sp³-hybridized carbons (Fsp3) is 0.0769. The Morgan fingerprint density at radius 3 is 2.75 bits per heavy atom. The quantitative estimate of drug-likeness (QED) is 0.755. The van der Waals surface area contributed by atoms with Crippen LogP contribution in [-0.2, 0) is 0 Å². The maximum atomic E-state index is 13.5. The van der Waals surface area contributed by atoms with Crippen LogP contribution in [0.1, 0.15) is 5.76 Å². The van der Waals surface area contributed by atoms with E-state index in [4.69, 9.17) is 4.42 Å². The summed E-state index contributed by atoms with van der Waals surface area (Å²) in [4.78, 5) is 0. The van der Waals surface area contributed by atoms with E-state index < -0.39 is 0 Å². The van der Waals surface area contributed by atoms with E-state index in [-0.39, 0.29) is 5.82 Å². The van der Waals surface area contributed by atoms with E-state index >= 15 is 0 Å². The molecule has 1 heterocycles. The van der Waals surface area contributed by atoms with Crippen molar-refractivity contribution in [1.82, 2.24) is 0 Å². The maximum absolute atomic E-state index is 13.5. The Kier molecular flexibility index (Phi) is 3.57. The molecule has 0 N–H and O–H groups in total. The first kappa shape index (κ1) is 11.1. The van der Waals surface area contributed by atoms with Crippen molar-refractivity contribution in [3.8, 4) is 11.3 Å². The Bertz CT molecular complexity index is 502. The predicted molar refractivity (Wildman–Crippen MR) is 66.9 cm³/mol. The van der Waals surface area contributed by atoms with E-state index in [1.165, 1.54) is 6.07 Å². The first-order valence-corrected chi connectivity index (χ1v) is 6.00. The van der Waals surface area contributed by atoms with Crippen LogP contribution < -0.4 is 0 Å². The second kappa shape index (κ2) is 5.12.